The topological polar surface area (TPSA) is 78.4 Å². The summed E-state index contributed by atoms with van der Waals surface area (Å²) in [7, 11) is 0. The molecule has 0 heterocycles. The lowest BCUT2D eigenvalue weighted by Crippen LogP contribution is -2.56. The van der Waals surface area contributed by atoms with E-state index in [2.05, 4.69) is 24.5 Å². The minimum atomic E-state index is -1.20. The zero-order chi connectivity index (χ0) is 14.9. The molecule has 0 rings (SSSR count). The van der Waals surface area contributed by atoms with Gasteiger partial charge in [-0.25, -0.2) is 9.59 Å². The first-order valence-electron chi connectivity index (χ1n) is 7.21. The van der Waals surface area contributed by atoms with Crippen molar-refractivity contribution in [3.8, 4) is 0 Å². The monoisotopic (exact) mass is 272 g/mol. The van der Waals surface area contributed by atoms with Crippen LogP contribution in [0.4, 0.5) is 4.79 Å². The first-order valence-corrected chi connectivity index (χ1v) is 7.21. The summed E-state index contributed by atoms with van der Waals surface area (Å²) < 4.78 is 0. The van der Waals surface area contributed by atoms with Crippen LogP contribution in [0.15, 0.2) is 0 Å². The van der Waals surface area contributed by atoms with Gasteiger partial charge in [-0.05, 0) is 26.2 Å². The normalized spacial score (nSPS) is 15.4. The van der Waals surface area contributed by atoms with Crippen molar-refractivity contribution in [1.29, 1.82) is 0 Å². The maximum atomic E-state index is 11.9. The summed E-state index contributed by atoms with van der Waals surface area (Å²) in [4.78, 5) is 23.0. The molecule has 5 nitrogen and oxygen atoms in total. The highest BCUT2D eigenvalue weighted by Gasteiger charge is 2.33. The molecule has 0 aromatic carbocycles. The van der Waals surface area contributed by atoms with E-state index in [0.717, 1.165) is 32.1 Å². The van der Waals surface area contributed by atoms with Crippen LogP contribution >= 0.6 is 0 Å². The van der Waals surface area contributed by atoms with Crippen LogP contribution in [0.1, 0.15) is 66.2 Å². The Morgan fingerprint density at radius 2 is 1.79 bits per heavy atom. The number of carboxylic acid groups (broad SMARTS) is 1. The van der Waals surface area contributed by atoms with Crippen molar-refractivity contribution in [3.63, 3.8) is 0 Å². The Bertz CT molecular complexity index is 294. The summed E-state index contributed by atoms with van der Waals surface area (Å²) in [6, 6.07) is -0.263. The minimum Gasteiger partial charge on any atom is -0.480 e. The van der Waals surface area contributed by atoms with Crippen molar-refractivity contribution < 1.29 is 14.7 Å². The van der Waals surface area contributed by atoms with Crippen LogP contribution in [-0.4, -0.2) is 28.7 Å². The van der Waals surface area contributed by atoms with Gasteiger partial charge in [-0.2, -0.15) is 0 Å². The van der Waals surface area contributed by atoms with Crippen LogP contribution < -0.4 is 10.6 Å². The molecule has 5 heteroatoms. The summed E-state index contributed by atoms with van der Waals surface area (Å²) in [5.74, 6) is -1.01. The van der Waals surface area contributed by atoms with Gasteiger partial charge in [-0.15, -0.1) is 0 Å². The quantitative estimate of drug-likeness (QED) is 0.604. The fourth-order valence-corrected chi connectivity index (χ4v) is 1.85. The molecule has 19 heavy (non-hydrogen) atoms. The fraction of sp³-hybridized carbons (Fsp3) is 0.857. The SMILES string of the molecule is CCCCC(CCC)NC(=O)NC(C)(CC)C(=O)O. The molecule has 0 saturated carbocycles. The molecule has 0 aromatic heterocycles. The largest absolute Gasteiger partial charge is 0.480 e. The highest BCUT2D eigenvalue weighted by Crippen LogP contribution is 2.10. The van der Waals surface area contributed by atoms with Gasteiger partial charge in [0.1, 0.15) is 5.54 Å². The molecule has 2 unspecified atom stereocenters. The number of urea groups is 1. The van der Waals surface area contributed by atoms with Gasteiger partial charge in [0.05, 0.1) is 0 Å². The van der Waals surface area contributed by atoms with E-state index in [4.69, 9.17) is 5.11 Å². The van der Waals surface area contributed by atoms with Crippen molar-refractivity contribution in [1.82, 2.24) is 10.6 Å². The summed E-state index contributed by atoms with van der Waals surface area (Å²) in [6.45, 7) is 7.46. The minimum absolute atomic E-state index is 0.125. The molecular formula is C14H28N2O3. The van der Waals surface area contributed by atoms with Crippen molar-refractivity contribution >= 4 is 12.0 Å². The number of hydrogen-bond acceptors (Lipinski definition) is 2. The molecule has 0 aromatic rings. The molecule has 0 saturated heterocycles. The van der Waals surface area contributed by atoms with E-state index in [1.165, 1.54) is 6.92 Å². The van der Waals surface area contributed by atoms with Gasteiger partial charge in [-0.3, -0.25) is 0 Å². The molecule has 0 aliphatic rings. The number of aliphatic carboxylic acids is 1. The second-order valence-corrected chi connectivity index (χ2v) is 5.22. The van der Waals surface area contributed by atoms with Crippen LogP contribution in [0.25, 0.3) is 0 Å². The Kier molecular flexibility index (Phi) is 8.19. The van der Waals surface area contributed by atoms with Crippen LogP contribution in [0, 0.1) is 0 Å². The summed E-state index contributed by atoms with van der Waals surface area (Å²) >= 11 is 0. The highest BCUT2D eigenvalue weighted by molar-refractivity contribution is 5.85. The Balaban J connectivity index is 4.43. The number of carboxylic acids is 1. The second kappa shape index (κ2) is 8.77. The average molecular weight is 272 g/mol. The molecule has 2 amide bonds. The Morgan fingerprint density at radius 1 is 1.16 bits per heavy atom. The van der Waals surface area contributed by atoms with E-state index in [9.17, 15) is 9.59 Å². The van der Waals surface area contributed by atoms with E-state index in [1.54, 1.807) is 6.92 Å². The maximum absolute atomic E-state index is 11.9. The molecule has 0 aliphatic carbocycles. The molecule has 0 radical (unpaired) electrons. The number of hydrogen-bond donors (Lipinski definition) is 3. The smallest absolute Gasteiger partial charge is 0.329 e. The van der Waals surface area contributed by atoms with E-state index >= 15 is 0 Å². The predicted octanol–water partition coefficient (Wildman–Crippen LogP) is 2.90. The first-order chi connectivity index (χ1) is 8.89. The molecular weight excluding hydrogens is 244 g/mol. The molecule has 112 valence electrons. The fourth-order valence-electron chi connectivity index (χ4n) is 1.85. The van der Waals surface area contributed by atoms with Crippen molar-refractivity contribution in [3.05, 3.63) is 0 Å². The van der Waals surface area contributed by atoms with Gasteiger partial charge in [0.25, 0.3) is 0 Å². The highest BCUT2D eigenvalue weighted by atomic mass is 16.4. The van der Waals surface area contributed by atoms with E-state index in [-0.39, 0.29) is 12.1 Å². The maximum Gasteiger partial charge on any atom is 0.329 e. The molecule has 2 atom stereocenters. The van der Waals surface area contributed by atoms with Crippen LogP contribution in [0.3, 0.4) is 0 Å². The zero-order valence-corrected chi connectivity index (χ0v) is 12.6. The van der Waals surface area contributed by atoms with Gasteiger partial charge >= 0.3 is 12.0 Å². The van der Waals surface area contributed by atoms with Gasteiger partial charge in [0, 0.05) is 6.04 Å². The van der Waals surface area contributed by atoms with Crippen molar-refractivity contribution in [2.45, 2.75) is 77.8 Å². The summed E-state index contributed by atoms with van der Waals surface area (Å²) in [6.07, 6.45) is 5.36. The predicted molar refractivity (Wildman–Crippen MR) is 76.2 cm³/mol. The van der Waals surface area contributed by atoms with Gasteiger partial charge in [0.2, 0.25) is 0 Å². The number of amides is 2. The van der Waals surface area contributed by atoms with Crippen LogP contribution in [0.5, 0.6) is 0 Å². The molecule has 0 fully saturated rings. The lowest BCUT2D eigenvalue weighted by molar-refractivity contribution is -0.143. The Hall–Kier alpha value is -1.26. The number of carbonyl (C=O) groups excluding carboxylic acids is 1. The summed E-state index contributed by atoms with van der Waals surface area (Å²) in [5.41, 5.74) is -1.20. The number of unbranched alkanes of at least 4 members (excludes halogenated alkanes) is 1. The van der Waals surface area contributed by atoms with Crippen LogP contribution in [-0.2, 0) is 4.79 Å². The Morgan fingerprint density at radius 3 is 2.21 bits per heavy atom. The molecule has 0 aliphatic heterocycles. The van der Waals surface area contributed by atoms with Crippen molar-refractivity contribution in [2.75, 3.05) is 0 Å². The zero-order valence-electron chi connectivity index (χ0n) is 12.6. The van der Waals surface area contributed by atoms with Crippen molar-refractivity contribution in [2.24, 2.45) is 0 Å². The standard InChI is InChI=1S/C14H28N2O3/c1-5-8-10-11(9-6-2)15-13(19)16-14(4,7-3)12(17)18/h11H,5-10H2,1-4H3,(H,17,18)(H2,15,16,19). The van der Waals surface area contributed by atoms with Crippen LogP contribution in [0.2, 0.25) is 0 Å². The molecule has 0 spiro atoms. The van der Waals surface area contributed by atoms with E-state index in [0.29, 0.717) is 6.42 Å². The first kappa shape index (κ1) is 17.7. The number of rotatable bonds is 9. The third kappa shape index (κ3) is 6.45. The Labute approximate surface area is 116 Å². The van der Waals surface area contributed by atoms with E-state index < -0.39 is 11.5 Å². The van der Waals surface area contributed by atoms with Gasteiger partial charge in [0.15, 0.2) is 0 Å². The second-order valence-electron chi connectivity index (χ2n) is 5.22. The molecule has 3 N–H and O–H groups in total. The number of nitrogens with one attached hydrogen (secondary N) is 2. The lowest BCUT2D eigenvalue weighted by atomic mass is 9.99. The molecule has 0 bridgehead atoms. The average Bonchev–Trinajstić information content (AvgIpc) is 2.35. The number of carbonyl (C=O) groups is 2. The van der Waals surface area contributed by atoms with Gasteiger partial charge in [-0.1, -0.05) is 40.0 Å². The lowest BCUT2D eigenvalue weighted by Gasteiger charge is -2.26. The van der Waals surface area contributed by atoms with Gasteiger partial charge < -0.3 is 15.7 Å². The third-order valence-corrected chi connectivity index (χ3v) is 3.45. The summed E-state index contributed by atoms with van der Waals surface area (Å²) in [5, 5.41) is 14.6. The van der Waals surface area contributed by atoms with E-state index in [1.807, 2.05) is 0 Å². The third-order valence-electron chi connectivity index (χ3n) is 3.45.